The van der Waals surface area contributed by atoms with Crippen LogP contribution >= 0.6 is 0 Å². The summed E-state index contributed by atoms with van der Waals surface area (Å²) in [5, 5.41) is 2.56. The van der Waals surface area contributed by atoms with Gasteiger partial charge in [0.05, 0.1) is 6.61 Å². The topological polar surface area (TPSA) is 38.3 Å². The van der Waals surface area contributed by atoms with E-state index in [1.54, 1.807) is 7.11 Å². The molecule has 0 saturated heterocycles. The van der Waals surface area contributed by atoms with E-state index in [1.165, 1.54) is 6.92 Å². The van der Waals surface area contributed by atoms with Crippen LogP contribution in [0.2, 0.25) is 0 Å². The minimum Gasteiger partial charge on any atom is -0.384 e. The van der Waals surface area contributed by atoms with Crippen LogP contribution in [0.1, 0.15) is 13.3 Å². The Hall–Kier alpha value is -0.830. The van der Waals surface area contributed by atoms with Crippen molar-refractivity contribution in [2.45, 2.75) is 13.3 Å². The van der Waals surface area contributed by atoms with E-state index in [1.807, 2.05) is 0 Å². The standard InChI is InChI=1S/C7H13NO2/c1-6(4-5-10-3)8-7(2)9/h1,4-5H2,2-3H3,(H,8,9). The molecule has 0 saturated carbocycles. The molecule has 1 amide bonds. The zero-order valence-corrected chi connectivity index (χ0v) is 6.44. The first-order valence-corrected chi connectivity index (χ1v) is 3.11. The highest BCUT2D eigenvalue weighted by atomic mass is 16.5. The third-order valence-electron chi connectivity index (χ3n) is 0.961. The molecule has 0 aromatic rings. The third kappa shape index (κ3) is 5.31. The molecule has 1 N–H and O–H groups in total. The van der Waals surface area contributed by atoms with Crippen LogP contribution in [-0.2, 0) is 9.53 Å². The van der Waals surface area contributed by atoms with Crippen molar-refractivity contribution in [3.8, 4) is 0 Å². The van der Waals surface area contributed by atoms with Crippen LogP contribution in [-0.4, -0.2) is 19.6 Å². The number of hydrogen-bond donors (Lipinski definition) is 1. The molecule has 3 nitrogen and oxygen atoms in total. The van der Waals surface area contributed by atoms with Crippen LogP contribution < -0.4 is 5.32 Å². The maximum Gasteiger partial charge on any atom is 0.220 e. The van der Waals surface area contributed by atoms with Gasteiger partial charge in [0.15, 0.2) is 0 Å². The lowest BCUT2D eigenvalue weighted by Gasteiger charge is -2.03. The Kier molecular flexibility index (Phi) is 4.58. The summed E-state index contributed by atoms with van der Waals surface area (Å²) in [5.74, 6) is -0.0823. The molecule has 58 valence electrons. The van der Waals surface area contributed by atoms with Gasteiger partial charge in [-0.3, -0.25) is 4.79 Å². The number of ether oxygens (including phenoxy) is 1. The molecular weight excluding hydrogens is 130 g/mol. The largest absolute Gasteiger partial charge is 0.384 e. The fourth-order valence-electron chi connectivity index (χ4n) is 0.537. The van der Waals surface area contributed by atoms with Crippen molar-refractivity contribution in [1.29, 1.82) is 0 Å². The molecule has 10 heavy (non-hydrogen) atoms. The Bertz CT molecular complexity index is 132. The number of carbonyl (C=O) groups excluding carboxylic acids is 1. The van der Waals surface area contributed by atoms with E-state index in [2.05, 4.69) is 11.9 Å². The summed E-state index contributed by atoms with van der Waals surface area (Å²) in [7, 11) is 1.61. The summed E-state index contributed by atoms with van der Waals surface area (Å²) >= 11 is 0. The van der Waals surface area contributed by atoms with E-state index >= 15 is 0 Å². The molecule has 0 aromatic heterocycles. The normalized spacial score (nSPS) is 9.00. The first-order valence-electron chi connectivity index (χ1n) is 3.11. The lowest BCUT2D eigenvalue weighted by Crippen LogP contribution is -2.19. The van der Waals surface area contributed by atoms with Crippen LogP contribution in [0, 0.1) is 0 Å². The maximum atomic E-state index is 10.4. The molecule has 0 fully saturated rings. The number of carbonyl (C=O) groups is 1. The van der Waals surface area contributed by atoms with Crippen LogP contribution in [0.3, 0.4) is 0 Å². The van der Waals surface area contributed by atoms with Gasteiger partial charge in [-0.15, -0.1) is 0 Å². The molecule has 0 rings (SSSR count). The summed E-state index contributed by atoms with van der Waals surface area (Å²) in [5.41, 5.74) is 0.703. The van der Waals surface area contributed by atoms with Crippen LogP contribution in [0.25, 0.3) is 0 Å². The SMILES string of the molecule is C=C(CCOC)NC(C)=O. The van der Waals surface area contributed by atoms with Gasteiger partial charge < -0.3 is 10.1 Å². The van der Waals surface area contributed by atoms with Gasteiger partial charge in [0.2, 0.25) is 5.91 Å². The quantitative estimate of drug-likeness (QED) is 0.628. The zero-order valence-electron chi connectivity index (χ0n) is 6.44. The molecule has 0 aliphatic heterocycles. The highest BCUT2D eigenvalue weighted by molar-refractivity contribution is 5.74. The van der Waals surface area contributed by atoms with Crippen molar-refractivity contribution in [2.75, 3.05) is 13.7 Å². The van der Waals surface area contributed by atoms with Crippen molar-refractivity contribution in [3.05, 3.63) is 12.3 Å². The van der Waals surface area contributed by atoms with E-state index in [9.17, 15) is 4.79 Å². The second-order valence-electron chi connectivity index (χ2n) is 2.03. The van der Waals surface area contributed by atoms with Crippen molar-refractivity contribution in [2.24, 2.45) is 0 Å². The van der Waals surface area contributed by atoms with Crippen LogP contribution in [0.5, 0.6) is 0 Å². The third-order valence-corrected chi connectivity index (χ3v) is 0.961. The molecule has 0 bridgehead atoms. The lowest BCUT2D eigenvalue weighted by atomic mass is 10.3. The maximum absolute atomic E-state index is 10.4. The number of rotatable bonds is 4. The Morgan fingerprint density at radius 2 is 2.30 bits per heavy atom. The van der Waals surface area contributed by atoms with E-state index in [0.717, 1.165) is 0 Å². The fraction of sp³-hybridized carbons (Fsp3) is 0.571. The summed E-state index contributed by atoms with van der Waals surface area (Å²) in [4.78, 5) is 10.4. The number of amides is 1. The van der Waals surface area contributed by atoms with Gasteiger partial charge in [0.1, 0.15) is 0 Å². The lowest BCUT2D eigenvalue weighted by molar-refractivity contribution is -0.118. The predicted molar refractivity (Wildman–Crippen MR) is 39.4 cm³/mol. The van der Waals surface area contributed by atoms with Crippen molar-refractivity contribution in [1.82, 2.24) is 5.32 Å². The van der Waals surface area contributed by atoms with E-state index in [4.69, 9.17) is 4.74 Å². The second kappa shape index (κ2) is 4.99. The van der Waals surface area contributed by atoms with Gasteiger partial charge >= 0.3 is 0 Å². The molecule has 0 atom stereocenters. The fourth-order valence-corrected chi connectivity index (χ4v) is 0.537. The monoisotopic (exact) mass is 143 g/mol. The number of methoxy groups -OCH3 is 1. The Morgan fingerprint density at radius 1 is 1.70 bits per heavy atom. The summed E-state index contributed by atoms with van der Waals surface area (Å²) in [6.45, 7) is 5.67. The average molecular weight is 143 g/mol. The predicted octanol–water partition coefficient (Wildman–Crippen LogP) is 0.673. The van der Waals surface area contributed by atoms with E-state index in [0.29, 0.717) is 18.7 Å². The van der Waals surface area contributed by atoms with Crippen molar-refractivity contribution in [3.63, 3.8) is 0 Å². The minimum absolute atomic E-state index is 0.0823. The molecule has 0 aromatic carbocycles. The molecular formula is C7H13NO2. The van der Waals surface area contributed by atoms with Gasteiger partial charge in [0, 0.05) is 26.2 Å². The first-order chi connectivity index (χ1) is 4.66. The Labute approximate surface area is 61.1 Å². The summed E-state index contributed by atoms with van der Waals surface area (Å²) in [6.07, 6.45) is 0.677. The molecule has 0 spiro atoms. The Morgan fingerprint density at radius 3 is 2.70 bits per heavy atom. The first kappa shape index (κ1) is 9.17. The minimum atomic E-state index is -0.0823. The van der Waals surface area contributed by atoms with Crippen LogP contribution in [0.4, 0.5) is 0 Å². The van der Waals surface area contributed by atoms with Crippen molar-refractivity contribution >= 4 is 5.91 Å². The molecule has 3 heteroatoms. The second-order valence-corrected chi connectivity index (χ2v) is 2.03. The smallest absolute Gasteiger partial charge is 0.220 e. The highest BCUT2D eigenvalue weighted by Crippen LogP contribution is 1.91. The zero-order chi connectivity index (χ0) is 7.98. The van der Waals surface area contributed by atoms with Crippen LogP contribution in [0.15, 0.2) is 12.3 Å². The molecule has 0 aliphatic carbocycles. The average Bonchev–Trinajstić information content (AvgIpc) is 1.82. The summed E-state index contributed by atoms with van der Waals surface area (Å²) in [6, 6.07) is 0. The van der Waals surface area contributed by atoms with Gasteiger partial charge in [-0.25, -0.2) is 0 Å². The van der Waals surface area contributed by atoms with Gasteiger partial charge in [-0.2, -0.15) is 0 Å². The van der Waals surface area contributed by atoms with E-state index < -0.39 is 0 Å². The van der Waals surface area contributed by atoms with Gasteiger partial charge in [-0.05, 0) is 0 Å². The van der Waals surface area contributed by atoms with Gasteiger partial charge in [0.25, 0.3) is 0 Å². The van der Waals surface area contributed by atoms with Gasteiger partial charge in [-0.1, -0.05) is 6.58 Å². The molecule has 0 unspecified atom stereocenters. The van der Waals surface area contributed by atoms with E-state index in [-0.39, 0.29) is 5.91 Å². The molecule has 0 heterocycles. The molecule has 0 radical (unpaired) electrons. The van der Waals surface area contributed by atoms with Crippen molar-refractivity contribution < 1.29 is 9.53 Å². The summed E-state index contributed by atoms with van der Waals surface area (Å²) < 4.78 is 4.78. The number of hydrogen-bond acceptors (Lipinski definition) is 2. The highest BCUT2D eigenvalue weighted by Gasteiger charge is 1.94. The number of nitrogens with one attached hydrogen (secondary N) is 1. The Balaban J connectivity index is 3.35. The molecule has 0 aliphatic rings.